The van der Waals surface area contributed by atoms with Crippen LogP contribution in [-0.4, -0.2) is 86.7 Å². The highest BCUT2D eigenvalue weighted by atomic mass is 32.2. The van der Waals surface area contributed by atoms with E-state index in [2.05, 4.69) is 45.2 Å². The van der Waals surface area contributed by atoms with Crippen LogP contribution in [0, 0.1) is 0 Å². The van der Waals surface area contributed by atoms with Crippen LogP contribution in [0.25, 0.3) is 10.6 Å². The van der Waals surface area contributed by atoms with Crippen molar-refractivity contribution in [1.29, 1.82) is 0 Å². The molecule has 5 rings (SSSR count). The number of benzene rings is 1. The van der Waals surface area contributed by atoms with Crippen LogP contribution < -0.4 is 10.2 Å². The molecule has 1 aromatic carbocycles. The molecule has 3 aromatic rings. The normalized spacial score (nSPS) is 19.0. The number of nitrogens with one attached hydrogen (secondary N) is 1. The SMILES string of the molecule is CCc1cc(N2CCC(N(C)C)C2)ccc1Nc1ncc(C(F)(F)F)c(-c2cc3c(s2)C(=O)N(C)CCS3(=O)=O)n1. The highest BCUT2D eigenvalue weighted by Crippen LogP contribution is 2.42. The molecule has 1 unspecified atom stereocenters. The van der Waals surface area contributed by atoms with Crippen LogP contribution in [0.4, 0.5) is 30.5 Å². The number of aryl methyl sites for hydroxylation is 1. The Morgan fingerprint density at radius 1 is 1.20 bits per heavy atom. The van der Waals surface area contributed by atoms with E-state index in [4.69, 9.17) is 0 Å². The number of hydrogen-bond donors (Lipinski definition) is 1. The summed E-state index contributed by atoms with van der Waals surface area (Å²) in [7, 11) is 1.73. The molecule has 41 heavy (non-hydrogen) atoms. The van der Waals surface area contributed by atoms with Crippen LogP contribution in [0.15, 0.2) is 35.4 Å². The Morgan fingerprint density at radius 2 is 1.95 bits per heavy atom. The summed E-state index contributed by atoms with van der Waals surface area (Å²) in [6, 6.07) is 7.49. The summed E-state index contributed by atoms with van der Waals surface area (Å²) in [5.41, 5.74) is 1.07. The van der Waals surface area contributed by atoms with Crippen LogP contribution in [0.3, 0.4) is 0 Å². The van der Waals surface area contributed by atoms with Gasteiger partial charge in [0, 0.05) is 50.3 Å². The number of sulfone groups is 1. The van der Waals surface area contributed by atoms with Gasteiger partial charge in [-0.2, -0.15) is 13.2 Å². The first-order valence-corrected chi connectivity index (χ1v) is 15.6. The molecule has 1 saturated heterocycles. The maximum atomic E-state index is 14.0. The van der Waals surface area contributed by atoms with Gasteiger partial charge in [-0.05, 0) is 56.8 Å². The van der Waals surface area contributed by atoms with Gasteiger partial charge in [0.2, 0.25) is 5.95 Å². The second kappa shape index (κ2) is 10.9. The maximum absolute atomic E-state index is 14.0. The Kier molecular flexibility index (Phi) is 7.76. The Morgan fingerprint density at radius 3 is 2.61 bits per heavy atom. The quantitative estimate of drug-likeness (QED) is 0.436. The first-order valence-electron chi connectivity index (χ1n) is 13.2. The molecule has 0 radical (unpaired) electrons. The van der Waals surface area contributed by atoms with Crippen molar-refractivity contribution in [2.24, 2.45) is 0 Å². The lowest BCUT2D eigenvalue weighted by molar-refractivity contribution is -0.137. The number of carbonyl (C=O) groups is 1. The Hall–Kier alpha value is -3.23. The lowest BCUT2D eigenvalue weighted by Gasteiger charge is -2.23. The molecule has 4 heterocycles. The molecular weight excluding hydrogens is 577 g/mol. The number of fused-ring (bicyclic) bond motifs is 1. The third-order valence-electron chi connectivity index (χ3n) is 7.57. The van der Waals surface area contributed by atoms with Crippen molar-refractivity contribution in [3.63, 3.8) is 0 Å². The van der Waals surface area contributed by atoms with Crippen molar-refractivity contribution in [3.05, 3.63) is 46.5 Å². The van der Waals surface area contributed by atoms with Crippen molar-refractivity contribution in [1.82, 2.24) is 19.8 Å². The highest BCUT2D eigenvalue weighted by Gasteiger charge is 2.38. The molecule has 0 aliphatic carbocycles. The second-order valence-electron chi connectivity index (χ2n) is 10.5. The van der Waals surface area contributed by atoms with Gasteiger partial charge in [0.25, 0.3) is 5.91 Å². The zero-order valence-corrected chi connectivity index (χ0v) is 24.8. The summed E-state index contributed by atoms with van der Waals surface area (Å²) in [4.78, 5) is 26.3. The van der Waals surface area contributed by atoms with Gasteiger partial charge in [-0.15, -0.1) is 11.3 Å². The van der Waals surface area contributed by atoms with Gasteiger partial charge in [-0.3, -0.25) is 4.79 Å². The molecule has 0 saturated carbocycles. The number of hydrogen-bond acceptors (Lipinski definition) is 9. The Balaban J connectivity index is 1.51. The van der Waals surface area contributed by atoms with Gasteiger partial charge in [-0.25, -0.2) is 18.4 Å². The van der Waals surface area contributed by atoms with E-state index in [1.165, 1.54) is 11.9 Å². The molecule has 9 nitrogen and oxygen atoms in total. The molecule has 1 amide bonds. The maximum Gasteiger partial charge on any atom is 0.420 e. The minimum absolute atomic E-state index is 0.000177. The minimum atomic E-state index is -4.80. The second-order valence-corrected chi connectivity index (χ2v) is 13.6. The zero-order chi connectivity index (χ0) is 29.7. The minimum Gasteiger partial charge on any atom is -0.370 e. The van der Waals surface area contributed by atoms with E-state index in [0.717, 1.165) is 36.8 Å². The van der Waals surface area contributed by atoms with Gasteiger partial charge in [0.05, 0.1) is 21.2 Å². The molecule has 14 heteroatoms. The van der Waals surface area contributed by atoms with Crippen LogP contribution in [0.5, 0.6) is 0 Å². The molecule has 1 N–H and O–H groups in total. The third-order valence-corrected chi connectivity index (χ3v) is 10.5. The number of anilines is 3. The van der Waals surface area contributed by atoms with Crippen molar-refractivity contribution in [2.45, 2.75) is 36.9 Å². The van der Waals surface area contributed by atoms with E-state index in [-0.39, 0.29) is 32.9 Å². The van der Waals surface area contributed by atoms with Crippen LogP contribution in [-0.2, 0) is 22.4 Å². The molecule has 2 aliphatic heterocycles. The standard InChI is InChI=1S/C27H31F3N6O3S2/c1-5-16-12-17(36-9-8-18(15-36)34(2)3)6-7-20(16)32-26-31-14-19(27(28,29)30)23(33-26)21-13-22-24(40-21)25(37)35(4)10-11-41(22,38)39/h6-7,12-14,18H,5,8-11,15H2,1-4H3,(H,31,32,33). The van der Waals surface area contributed by atoms with E-state index in [9.17, 15) is 26.4 Å². The number of amides is 1. The molecular formula is C27H31F3N6O3S2. The van der Waals surface area contributed by atoms with E-state index in [0.29, 0.717) is 35.7 Å². The van der Waals surface area contributed by atoms with Crippen molar-refractivity contribution < 1.29 is 26.4 Å². The number of carbonyl (C=O) groups excluding carboxylic acids is 1. The van der Waals surface area contributed by atoms with Gasteiger partial charge >= 0.3 is 6.18 Å². The number of aromatic nitrogens is 2. The fraction of sp³-hybridized carbons (Fsp3) is 0.444. The monoisotopic (exact) mass is 608 g/mol. The third kappa shape index (κ3) is 5.77. The molecule has 0 spiro atoms. The van der Waals surface area contributed by atoms with E-state index < -0.39 is 33.2 Å². The molecule has 0 bridgehead atoms. The predicted octanol–water partition coefficient (Wildman–Crippen LogP) is 4.53. The summed E-state index contributed by atoms with van der Waals surface area (Å²) in [5, 5.41) is 3.06. The predicted molar refractivity (Wildman–Crippen MR) is 153 cm³/mol. The molecule has 1 fully saturated rings. The largest absolute Gasteiger partial charge is 0.420 e. The molecule has 220 valence electrons. The van der Waals surface area contributed by atoms with Crippen LogP contribution in [0.2, 0.25) is 0 Å². The van der Waals surface area contributed by atoms with Gasteiger partial charge in [0.15, 0.2) is 9.84 Å². The van der Waals surface area contributed by atoms with Crippen molar-refractivity contribution in [3.8, 4) is 10.6 Å². The van der Waals surface area contributed by atoms with E-state index >= 15 is 0 Å². The van der Waals surface area contributed by atoms with Gasteiger partial charge < -0.3 is 20.0 Å². The van der Waals surface area contributed by atoms with Gasteiger partial charge in [0.1, 0.15) is 10.4 Å². The number of alkyl halides is 3. The van der Waals surface area contributed by atoms with Crippen LogP contribution in [0.1, 0.15) is 34.1 Å². The summed E-state index contributed by atoms with van der Waals surface area (Å²) in [6.45, 7) is 3.83. The molecule has 2 aliphatic rings. The van der Waals surface area contributed by atoms with E-state index in [1.807, 2.05) is 19.1 Å². The smallest absolute Gasteiger partial charge is 0.370 e. The lowest BCUT2D eigenvalue weighted by atomic mass is 10.1. The number of thiophene rings is 1. The summed E-state index contributed by atoms with van der Waals surface area (Å²) < 4.78 is 67.7. The van der Waals surface area contributed by atoms with Crippen molar-refractivity contribution in [2.75, 3.05) is 56.7 Å². The Labute approximate surface area is 240 Å². The van der Waals surface area contributed by atoms with Gasteiger partial charge in [-0.1, -0.05) is 6.92 Å². The first kappa shape index (κ1) is 29.3. The van der Waals surface area contributed by atoms with Crippen LogP contribution >= 0.6 is 11.3 Å². The zero-order valence-electron chi connectivity index (χ0n) is 23.1. The number of rotatable bonds is 6. The fourth-order valence-electron chi connectivity index (χ4n) is 5.06. The summed E-state index contributed by atoms with van der Waals surface area (Å²) >= 11 is 0.690. The van der Waals surface area contributed by atoms with E-state index in [1.54, 1.807) is 0 Å². The fourth-order valence-corrected chi connectivity index (χ4v) is 8.09. The van der Waals surface area contributed by atoms with Crippen molar-refractivity contribution >= 4 is 44.4 Å². The average molecular weight is 609 g/mol. The molecule has 2 aromatic heterocycles. The lowest BCUT2D eigenvalue weighted by Crippen LogP contribution is -2.31. The topological polar surface area (TPSA) is 98.7 Å². The molecule has 1 atom stereocenters. The highest BCUT2D eigenvalue weighted by molar-refractivity contribution is 7.91. The summed E-state index contributed by atoms with van der Waals surface area (Å²) in [6.07, 6.45) is -2.39. The number of halogens is 3. The average Bonchev–Trinajstić information content (AvgIpc) is 3.58. The Bertz CT molecular complexity index is 1590. The summed E-state index contributed by atoms with van der Waals surface area (Å²) in [5.74, 6) is -0.940. The first-order chi connectivity index (χ1) is 19.3. The number of likely N-dealkylation sites (N-methyl/N-ethyl adjacent to an activating group) is 1. The number of nitrogens with zero attached hydrogens (tertiary/aromatic N) is 5.